The number of hydrogen-bond donors (Lipinski definition) is 0. The molecule has 0 heterocycles. The second-order valence-electron chi connectivity index (χ2n) is 7.23. The van der Waals surface area contributed by atoms with Gasteiger partial charge in [-0.25, -0.2) is 0 Å². The van der Waals surface area contributed by atoms with Crippen molar-refractivity contribution >= 4 is 32.3 Å². The molecule has 5 rings (SSSR count). The van der Waals surface area contributed by atoms with E-state index < -0.39 is 0 Å². The molecule has 0 aliphatic heterocycles. The summed E-state index contributed by atoms with van der Waals surface area (Å²) < 4.78 is 0. The summed E-state index contributed by atoms with van der Waals surface area (Å²) in [4.78, 5) is 0. The third-order valence-electron chi connectivity index (χ3n) is 5.83. The molecule has 0 heteroatoms. The van der Waals surface area contributed by atoms with Gasteiger partial charge in [-0.05, 0) is 62.7 Å². The molecule has 0 atom stereocenters. The Hall–Kier alpha value is -2.34. The first-order chi connectivity index (χ1) is 11.9. The van der Waals surface area contributed by atoms with Crippen LogP contribution in [0.2, 0.25) is 0 Å². The lowest BCUT2D eigenvalue weighted by atomic mass is 9.79. The minimum atomic E-state index is 0.716. The molecule has 0 amide bonds. The van der Waals surface area contributed by atoms with Gasteiger partial charge in [-0.2, -0.15) is 0 Å². The molecule has 1 aliphatic rings. The van der Waals surface area contributed by atoms with Gasteiger partial charge in [0, 0.05) is 0 Å². The van der Waals surface area contributed by atoms with E-state index in [1.165, 1.54) is 64.4 Å². The van der Waals surface area contributed by atoms with Crippen molar-refractivity contribution in [3.63, 3.8) is 0 Å². The van der Waals surface area contributed by atoms with E-state index in [9.17, 15) is 0 Å². The predicted molar refractivity (Wildman–Crippen MR) is 105 cm³/mol. The average Bonchev–Trinajstić information content (AvgIpc) is 2.67. The largest absolute Gasteiger partial charge is 0.0616 e. The maximum Gasteiger partial charge on any atom is -0.00961 e. The molecule has 0 spiro atoms. The Balaban J connectivity index is 1.93. The van der Waals surface area contributed by atoms with Crippen molar-refractivity contribution in [2.24, 2.45) is 0 Å². The topological polar surface area (TPSA) is 0 Å². The van der Waals surface area contributed by atoms with Crippen molar-refractivity contribution in [2.75, 3.05) is 0 Å². The highest BCUT2D eigenvalue weighted by Crippen LogP contribution is 2.42. The quantitative estimate of drug-likeness (QED) is 0.258. The molecule has 1 fully saturated rings. The molecule has 0 radical (unpaired) electrons. The lowest BCUT2D eigenvalue weighted by Gasteiger charge is -2.25. The van der Waals surface area contributed by atoms with Crippen molar-refractivity contribution < 1.29 is 0 Å². The van der Waals surface area contributed by atoms with Crippen molar-refractivity contribution in [3.05, 3.63) is 72.3 Å². The molecule has 0 saturated heterocycles. The van der Waals surface area contributed by atoms with E-state index in [1.807, 2.05) is 0 Å². The van der Waals surface area contributed by atoms with Gasteiger partial charge in [0.15, 0.2) is 0 Å². The molecule has 1 aliphatic carbocycles. The summed E-state index contributed by atoms with van der Waals surface area (Å²) in [6, 6.07) is 24.9. The van der Waals surface area contributed by atoms with Crippen LogP contribution in [-0.2, 0) is 0 Å². The van der Waals surface area contributed by atoms with Gasteiger partial charge in [0.2, 0.25) is 0 Å². The van der Waals surface area contributed by atoms with Crippen LogP contribution < -0.4 is 0 Å². The second-order valence-corrected chi connectivity index (χ2v) is 7.23. The summed E-state index contributed by atoms with van der Waals surface area (Å²) in [6.07, 6.45) is 6.85. The van der Waals surface area contributed by atoms with Crippen molar-refractivity contribution in [3.8, 4) is 0 Å². The van der Waals surface area contributed by atoms with Gasteiger partial charge < -0.3 is 0 Å². The van der Waals surface area contributed by atoms with E-state index in [1.54, 1.807) is 5.56 Å². The van der Waals surface area contributed by atoms with Gasteiger partial charge in [-0.1, -0.05) is 79.9 Å². The highest BCUT2D eigenvalue weighted by Gasteiger charge is 2.20. The van der Waals surface area contributed by atoms with Crippen LogP contribution in [0.1, 0.15) is 43.6 Å². The predicted octanol–water partition coefficient (Wildman–Crippen LogP) is 7.19. The van der Waals surface area contributed by atoms with Crippen molar-refractivity contribution in [1.29, 1.82) is 0 Å². The van der Waals surface area contributed by atoms with Crippen LogP contribution in [0.4, 0.5) is 0 Å². The monoisotopic (exact) mass is 310 g/mol. The van der Waals surface area contributed by atoms with E-state index in [2.05, 4.69) is 66.7 Å². The molecule has 4 aromatic carbocycles. The Labute approximate surface area is 143 Å². The Kier molecular flexibility index (Phi) is 3.29. The third-order valence-corrected chi connectivity index (χ3v) is 5.83. The molecule has 24 heavy (non-hydrogen) atoms. The molecule has 4 aromatic rings. The number of benzene rings is 4. The Bertz CT molecular complexity index is 1040. The van der Waals surface area contributed by atoms with Crippen LogP contribution in [0.5, 0.6) is 0 Å². The summed E-state index contributed by atoms with van der Waals surface area (Å²) in [5.74, 6) is 0.716. The Morgan fingerprint density at radius 1 is 0.542 bits per heavy atom. The van der Waals surface area contributed by atoms with E-state index in [4.69, 9.17) is 0 Å². The van der Waals surface area contributed by atoms with Crippen LogP contribution in [0.15, 0.2) is 66.7 Å². The summed E-state index contributed by atoms with van der Waals surface area (Å²) in [5, 5.41) is 8.48. The van der Waals surface area contributed by atoms with E-state index in [0.29, 0.717) is 5.92 Å². The molecule has 0 nitrogen and oxygen atoms in total. The fourth-order valence-electron chi connectivity index (χ4n) is 4.69. The number of hydrogen-bond acceptors (Lipinski definition) is 0. The average molecular weight is 310 g/mol. The maximum atomic E-state index is 2.40. The molecular formula is C24H22. The lowest BCUT2D eigenvalue weighted by molar-refractivity contribution is 0.447. The summed E-state index contributed by atoms with van der Waals surface area (Å²) in [6.45, 7) is 0. The lowest BCUT2D eigenvalue weighted by Crippen LogP contribution is -2.06. The van der Waals surface area contributed by atoms with Gasteiger partial charge in [0.1, 0.15) is 0 Å². The summed E-state index contributed by atoms with van der Waals surface area (Å²) >= 11 is 0. The van der Waals surface area contributed by atoms with Gasteiger partial charge >= 0.3 is 0 Å². The standard InChI is InChI=1S/C24H22/c1-2-9-18(10-3-1)24-21-13-7-5-11-19(21)16-23-20-12-6-4-8-17(20)14-15-22(23)24/h4-8,11-16,18H,1-3,9-10H2. The van der Waals surface area contributed by atoms with Gasteiger partial charge in [-0.15, -0.1) is 0 Å². The zero-order valence-electron chi connectivity index (χ0n) is 14.0. The molecule has 118 valence electrons. The van der Waals surface area contributed by atoms with Crippen LogP contribution >= 0.6 is 0 Å². The zero-order chi connectivity index (χ0) is 15.9. The zero-order valence-corrected chi connectivity index (χ0v) is 14.0. The molecule has 0 aromatic heterocycles. The summed E-state index contributed by atoms with van der Waals surface area (Å²) in [5.41, 5.74) is 1.61. The van der Waals surface area contributed by atoms with Crippen LogP contribution in [-0.4, -0.2) is 0 Å². The minimum absolute atomic E-state index is 0.716. The Morgan fingerprint density at radius 3 is 2.08 bits per heavy atom. The molecule has 0 bridgehead atoms. The SMILES string of the molecule is c1ccc2c(C3CCCCC3)c3ccc4ccccc4c3cc2c1. The van der Waals surface area contributed by atoms with E-state index in [-0.39, 0.29) is 0 Å². The molecule has 0 N–H and O–H groups in total. The van der Waals surface area contributed by atoms with Gasteiger partial charge in [-0.3, -0.25) is 0 Å². The van der Waals surface area contributed by atoms with Gasteiger partial charge in [0.05, 0.1) is 0 Å². The van der Waals surface area contributed by atoms with E-state index >= 15 is 0 Å². The van der Waals surface area contributed by atoms with Crippen molar-refractivity contribution in [1.82, 2.24) is 0 Å². The fourth-order valence-corrected chi connectivity index (χ4v) is 4.69. The highest BCUT2D eigenvalue weighted by molar-refractivity contribution is 6.14. The first kappa shape index (κ1) is 14.0. The normalized spacial score (nSPS) is 16.2. The van der Waals surface area contributed by atoms with Crippen LogP contribution in [0.3, 0.4) is 0 Å². The van der Waals surface area contributed by atoms with E-state index in [0.717, 1.165) is 0 Å². The molecule has 0 unspecified atom stereocenters. The molecular weight excluding hydrogens is 288 g/mol. The second kappa shape index (κ2) is 5.63. The molecule has 1 saturated carbocycles. The van der Waals surface area contributed by atoms with Crippen LogP contribution in [0.25, 0.3) is 32.3 Å². The minimum Gasteiger partial charge on any atom is -0.0616 e. The third kappa shape index (κ3) is 2.13. The van der Waals surface area contributed by atoms with Crippen LogP contribution in [0, 0.1) is 0 Å². The highest BCUT2D eigenvalue weighted by atomic mass is 14.2. The van der Waals surface area contributed by atoms with Gasteiger partial charge in [0.25, 0.3) is 0 Å². The smallest absolute Gasteiger partial charge is 0.00961 e. The fraction of sp³-hybridized carbons (Fsp3) is 0.250. The number of rotatable bonds is 1. The first-order valence-corrected chi connectivity index (χ1v) is 9.25. The Morgan fingerprint density at radius 2 is 1.25 bits per heavy atom. The first-order valence-electron chi connectivity index (χ1n) is 9.25. The van der Waals surface area contributed by atoms with Crippen molar-refractivity contribution in [2.45, 2.75) is 38.0 Å². The summed E-state index contributed by atoms with van der Waals surface area (Å²) in [7, 11) is 0. The number of fused-ring (bicyclic) bond motifs is 4. The maximum absolute atomic E-state index is 2.40.